The Balaban J connectivity index is 1.72. The van der Waals surface area contributed by atoms with Crippen molar-refractivity contribution >= 4 is 11.6 Å². The molecule has 200 valence electrons. The highest BCUT2D eigenvalue weighted by atomic mass is 35.5. The third-order valence-corrected chi connectivity index (χ3v) is 5.30. The van der Waals surface area contributed by atoms with Gasteiger partial charge >= 0.3 is 12.8 Å². The number of hydrogen-bond donors (Lipinski definition) is 1. The third kappa shape index (κ3) is 6.39. The van der Waals surface area contributed by atoms with Gasteiger partial charge in [0.1, 0.15) is 11.5 Å². The highest BCUT2D eigenvalue weighted by molar-refractivity contribution is 6.30. The van der Waals surface area contributed by atoms with E-state index in [1.54, 1.807) is 6.07 Å². The Kier molecular flexibility index (Phi) is 7.63. The number of ether oxygens (including phenoxy) is 2. The third-order valence-electron chi connectivity index (χ3n) is 5.08. The molecule has 0 saturated carbocycles. The van der Waals surface area contributed by atoms with Crippen LogP contribution in [0.2, 0.25) is 5.02 Å². The zero-order valence-corrected chi connectivity index (χ0v) is 19.9. The fourth-order valence-corrected chi connectivity index (χ4v) is 3.61. The summed E-state index contributed by atoms with van der Waals surface area (Å²) < 4.78 is 75.9. The van der Waals surface area contributed by atoms with E-state index in [0.29, 0.717) is 16.5 Å². The molecule has 0 atom stereocenters. The fourth-order valence-electron chi connectivity index (χ4n) is 3.38. The van der Waals surface area contributed by atoms with Gasteiger partial charge in [0.25, 0.3) is 11.1 Å². The van der Waals surface area contributed by atoms with Crippen LogP contribution in [-0.4, -0.2) is 26.4 Å². The van der Waals surface area contributed by atoms with E-state index in [0.717, 1.165) is 12.1 Å². The van der Waals surface area contributed by atoms with Crippen LogP contribution in [0.5, 0.6) is 17.2 Å². The Bertz CT molecular complexity index is 1680. The van der Waals surface area contributed by atoms with Crippen LogP contribution in [0.3, 0.4) is 0 Å². The zero-order valence-electron chi connectivity index (χ0n) is 19.2. The summed E-state index contributed by atoms with van der Waals surface area (Å²) in [6, 6.07) is 11.7. The molecule has 4 rings (SSSR count). The van der Waals surface area contributed by atoms with Crippen molar-refractivity contribution in [2.24, 2.45) is 0 Å². The molecular weight excluding hydrogens is 553 g/mol. The SMILES string of the molecule is N#Cc1cc(Cl)cc(Oc2c(C(F)(F)F)ncn(Cc3cc(-c4ccc(OC(F)F)cc4)n[nH]c3=O)c2=O)c1. The number of halogens is 6. The van der Waals surface area contributed by atoms with E-state index in [-0.39, 0.29) is 33.3 Å². The van der Waals surface area contributed by atoms with Crippen molar-refractivity contribution in [2.45, 2.75) is 19.3 Å². The number of nitrogens with zero attached hydrogens (tertiary/aromatic N) is 4. The molecule has 0 aliphatic carbocycles. The summed E-state index contributed by atoms with van der Waals surface area (Å²) in [7, 11) is 0. The Hall–Kier alpha value is -4.77. The van der Waals surface area contributed by atoms with Crippen molar-refractivity contribution in [3.63, 3.8) is 0 Å². The van der Waals surface area contributed by atoms with E-state index >= 15 is 0 Å². The van der Waals surface area contributed by atoms with Crippen LogP contribution >= 0.6 is 11.6 Å². The van der Waals surface area contributed by atoms with Gasteiger partial charge in [-0.25, -0.2) is 10.1 Å². The van der Waals surface area contributed by atoms with E-state index < -0.39 is 41.9 Å². The van der Waals surface area contributed by atoms with Crippen molar-refractivity contribution in [3.8, 4) is 34.6 Å². The molecule has 0 radical (unpaired) electrons. The molecular formula is C24H13ClF5N5O4. The summed E-state index contributed by atoms with van der Waals surface area (Å²) in [6.45, 7) is -3.55. The maximum atomic E-state index is 13.6. The molecule has 0 aliphatic heterocycles. The molecule has 4 aromatic rings. The smallest absolute Gasteiger partial charge is 0.437 e. The summed E-state index contributed by atoms with van der Waals surface area (Å²) in [5.41, 5.74) is -3.22. The number of aromatic amines is 1. The first-order chi connectivity index (χ1) is 18.4. The molecule has 0 aliphatic rings. The molecule has 2 heterocycles. The Morgan fingerprint density at radius 3 is 2.44 bits per heavy atom. The molecule has 0 bridgehead atoms. The van der Waals surface area contributed by atoms with Gasteiger partial charge in [-0.2, -0.15) is 32.3 Å². The number of alkyl halides is 5. The van der Waals surface area contributed by atoms with E-state index in [1.165, 1.54) is 36.4 Å². The lowest BCUT2D eigenvalue weighted by Crippen LogP contribution is -2.28. The minimum absolute atomic E-state index is 0.0218. The number of nitriles is 1. The Labute approximate surface area is 219 Å². The van der Waals surface area contributed by atoms with Crippen LogP contribution < -0.4 is 20.6 Å². The molecule has 0 spiro atoms. The van der Waals surface area contributed by atoms with E-state index in [9.17, 15) is 31.5 Å². The van der Waals surface area contributed by atoms with E-state index in [1.807, 2.05) is 0 Å². The molecule has 15 heteroatoms. The van der Waals surface area contributed by atoms with Crippen molar-refractivity contribution in [1.29, 1.82) is 5.26 Å². The van der Waals surface area contributed by atoms with Gasteiger partial charge < -0.3 is 9.47 Å². The average molecular weight is 566 g/mol. The van der Waals surface area contributed by atoms with Gasteiger partial charge in [-0.05, 0) is 48.5 Å². The van der Waals surface area contributed by atoms with Crippen LogP contribution in [0, 0.1) is 11.3 Å². The van der Waals surface area contributed by atoms with Crippen molar-refractivity contribution in [2.75, 3.05) is 0 Å². The molecule has 0 unspecified atom stereocenters. The lowest BCUT2D eigenvalue weighted by Gasteiger charge is -2.15. The summed E-state index contributed by atoms with van der Waals surface area (Å²) in [5.74, 6) is -1.63. The number of aromatic nitrogens is 4. The molecule has 2 aromatic heterocycles. The van der Waals surface area contributed by atoms with Gasteiger partial charge in [0.05, 0.1) is 30.2 Å². The van der Waals surface area contributed by atoms with Crippen molar-refractivity contribution in [1.82, 2.24) is 19.7 Å². The maximum absolute atomic E-state index is 13.6. The number of H-pyrrole nitrogens is 1. The summed E-state index contributed by atoms with van der Waals surface area (Å²) in [4.78, 5) is 28.8. The maximum Gasteiger partial charge on any atom is 0.437 e. The highest BCUT2D eigenvalue weighted by Crippen LogP contribution is 2.35. The topological polar surface area (TPSA) is 123 Å². The first-order valence-corrected chi connectivity index (χ1v) is 11.0. The first-order valence-electron chi connectivity index (χ1n) is 10.6. The van der Waals surface area contributed by atoms with Crippen molar-refractivity contribution < 1.29 is 31.4 Å². The molecule has 1 N–H and O–H groups in total. The lowest BCUT2D eigenvalue weighted by atomic mass is 10.1. The number of nitrogens with one attached hydrogen (secondary N) is 1. The Morgan fingerprint density at radius 2 is 1.79 bits per heavy atom. The van der Waals surface area contributed by atoms with Gasteiger partial charge in [0.15, 0.2) is 5.69 Å². The normalized spacial score (nSPS) is 11.3. The van der Waals surface area contributed by atoms with Crippen molar-refractivity contribution in [3.05, 3.63) is 97.4 Å². The van der Waals surface area contributed by atoms with E-state index in [4.69, 9.17) is 21.6 Å². The average Bonchev–Trinajstić information content (AvgIpc) is 2.86. The number of hydrogen-bond acceptors (Lipinski definition) is 7. The summed E-state index contributed by atoms with van der Waals surface area (Å²) >= 11 is 5.88. The molecule has 0 saturated heterocycles. The predicted molar refractivity (Wildman–Crippen MR) is 126 cm³/mol. The van der Waals surface area contributed by atoms with Crippen LogP contribution in [0.1, 0.15) is 16.8 Å². The lowest BCUT2D eigenvalue weighted by molar-refractivity contribution is -0.142. The zero-order chi connectivity index (χ0) is 28.3. The standard InChI is InChI=1S/C24H13ClF5N5O4/c25-15-5-12(9-31)6-17(8-15)38-19-20(24(28,29)30)32-11-35(22(19)37)10-14-7-18(33-34-21(14)36)13-1-3-16(4-2-13)39-23(26)27/h1-8,11,23H,10H2,(H,34,36). The van der Waals surface area contributed by atoms with Gasteiger partial charge in [-0.15, -0.1) is 0 Å². The van der Waals surface area contributed by atoms with Gasteiger partial charge in [-0.3, -0.25) is 14.2 Å². The molecule has 0 amide bonds. The molecule has 2 aromatic carbocycles. The highest BCUT2D eigenvalue weighted by Gasteiger charge is 2.39. The second-order valence-electron chi connectivity index (χ2n) is 7.75. The summed E-state index contributed by atoms with van der Waals surface area (Å²) in [6.07, 6.45) is -4.47. The minimum atomic E-state index is -5.08. The van der Waals surface area contributed by atoms with Crippen LogP contribution in [0.4, 0.5) is 22.0 Å². The number of benzene rings is 2. The molecule has 0 fully saturated rings. The monoisotopic (exact) mass is 565 g/mol. The molecule has 9 nitrogen and oxygen atoms in total. The second kappa shape index (κ2) is 10.9. The Morgan fingerprint density at radius 1 is 1.08 bits per heavy atom. The van der Waals surface area contributed by atoms with Crippen LogP contribution in [-0.2, 0) is 12.7 Å². The fraction of sp³-hybridized carbons (Fsp3) is 0.125. The number of rotatable bonds is 7. The summed E-state index contributed by atoms with van der Waals surface area (Å²) in [5, 5.41) is 15.1. The van der Waals surface area contributed by atoms with Crippen LogP contribution in [0.25, 0.3) is 11.3 Å². The van der Waals surface area contributed by atoms with Gasteiger partial charge in [-0.1, -0.05) is 11.6 Å². The van der Waals surface area contributed by atoms with Gasteiger partial charge in [0, 0.05) is 16.1 Å². The quantitative estimate of drug-likeness (QED) is 0.314. The molecule has 39 heavy (non-hydrogen) atoms. The first kappa shape index (κ1) is 27.3. The van der Waals surface area contributed by atoms with E-state index in [2.05, 4.69) is 19.9 Å². The predicted octanol–water partition coefficient (Wildman–Crippen LogP) is 4.98. The largest absolute Gasteiger partial charge is 0.449 e. The second-order valence-corrected chi connectivity index (χ2v) is 8.19. The van der Waals surface area contributed by atoms with Crippen LogP contribution in [0.15, 0.2) is 64.4 Å². The minimum Gasteiger partial charge on any atom is -0.449 e. The van der Waals surface area contributed by atoms with Gasteiger partial charge in [0.2, 0.25) is 5.75 Å².